The Balaban J connectivity index is 1.73. The minimum absolute atomic E-state index is 0.000252. The molecule has 25 heavy (non-hydrogen) atoms. The lowest BCUT2D eigenvalue weighted by molar-refractivity contribution is -0.121. The molecule has 2 rings (SSSR count). The van der Waals surface area contributed by atoms with Crippen molar-refractivity contribution in [1.82, 2.24) is 10.3 Å². The van der Waals surface area contributed by atoms with E-state index in [2.05, 4.69) is 10.3 Å². The zero-order chi connectivity index (χ0) is 18.1. The minimum Gasteiger partial charge on any atom is -0.497 e. The number of amides is 2. The monoisotopic (exact) mass is 361 g/mol. The van der Waals surface area contributed by atoms with Crippen molar-refractivity contribution in [1.29, 1.82) is 0 Å². The van der Waals surface area contributed by atoms with Gasteiger partial charge >= 0.3 is 0 Å². The first-order valence-electron chi connectivity index (χ1n) is 8.22. The van der Waals surface area contributed by atoms with Crippen LogP contribution in [0.4, 0.5) is 0 Å². The Morgan fingerprint density at radius 2 is 1.88 bits per heavy atom. The van der Waals surface area contributed by atoms with E-state index in [0.29, 0.717) is 19.4 Å². The smallest absolute Gasteiger partial charge is 0.220 e. The van der Waals surface area contributed by atoms with E-state index >= 15 is 0 Å². The highest BCUT2D eigenvalue weighted by Crippen LogP contribution is 2.24. The summed E-state index contributed by atoms with van der Waals surface area (Å²) in [5.74, 6) is 0.517. The number of benzene rings is 1. The minimum atomic E-state index is -0.291. The molecule has 2 aromatic rings. The predicted molar refractivity (Wildman–Crippen MR) is 98.2 cm³/mol. The van der Waals surface area contributed by atoms with Crippen molar-refractivity contribution in [3.05, 3.63) is 34.7 Å². The van der Waals surface area contributed by atoms with Gasteiger partial charge in [-0.3, -0.25) is 9.59 Å². The highest BCUT2D eigenvalue weighted by atomic mass is 32.1. The van der Waals surface area contributed by atoms with Crippen molar-refractivity contribution in [2.24, 2.45) is 5.73 Å². The SMILES string of the molecule is COc1ccc(-c2csc(CNC(=O)CCCCCC(N)=O)n2)cc1. The van der Waals surface area contributed by atoms with Gasteiger partial charge in [0.25, 0.3) is 0 Å². The highest BCUT2D eigenvalue weighted by molar-refractivity contribution is 7.09. The maximum atomic E-state index is 11.8. The number of carbonyl (C=O) groups excluding carboxylic acids is 2. The second-order valence-corrected chi connectivity index (χ2v) is 6.60. The van der Waals surface area contributed by atoms with Gasteiger partial charge in [-0.1, -0.05) is 6.42 Å². The topological polar surface area (TPSA) is 94.3 Å². The zero-order valence-electron chi connectivity index (χ0n) is 14.3. The summed E-state index contributed by atoms with van der Waals surface area (Å²) in [6.45, 7) is 0.431. The molecule has 0 fully saturated rings. The van der Waals surface area contributed by atoms with Crippen LogP contribution in [-0.4, -0.2) is 23.9 Å². The molecular formula is C18H23N3O3S. The summed E-state index contributed by atoms with van der Waals surface area (Å²) >= 11 is 1.52. The number of carbonyl (C=O) groups is 2. The molecule has 0 aliphatic carbocycles. The molecule has 3 N–H and O–H groups in total. The Kier molecular flexibility index (Phi) is 7.40. The fourth-order valence-electron chi connectivity index (χ4n) is 2.31. The summed E-state index contributed by atoms with van der Waals surface area (Å²) in [5, 5.41) is 5.73. The number of nitrogens with two attached hydrogens (primary N) is 1. The van der Waals surface area contributed by atoms with Crippen LogP contribution in [0, 0.1) is 0 Å². The van der Waals surface area contributed by atoms with E-state index in [1.807, 2.05) is 29.6 Å². The summed E-state index contributed by atoms with van der Waals surface area (Å²) < 4.78 is 5.15. The van der Waals surface area contributed by atoms with Crippen LogP contribution < -0.4 is 15.8 Å². The molecule has 1 aromatic heterocycles. The van der Waals surface area contributed by atoms with E-state index in [0.717, 1.165) is 41.3 Å². The molecule has 0 unspecified atom stereocenters. The fourth-order valence-corrected chi connectivity index (χ4v) is 3.05. The van der Waals surface area contributed by atoms with Gasteiger partial charge in [0.2, 0.25) is 11.8 Å². The summed E-state index contributed by atoms with van der Waals surface area (Å²) in [7, 11) is 1.64. The van der Waals surface area contributed by atoms with Gasteiger partial charge in [0.1, 0.15) is 10.8 Å². The number of hydrogen-bond donors (Lipinski definition) is 2. The molecule has 0 bridgehead atoms. The van der Waals surface area contributed by atoms with Crippen LogP contribution in [-0.2, 0) is 16.1 Å². The van der Waals surface area contributed by atoms with Gasteiger partial charge in [0, 0.05) is 23.8 Å². The van der Waals surface area contributed by atoms with Crippen LogP contribution in [0.1, 0.15) is 37.1 Å². The quantitative estimate of drug-likeness (QED) is 0.636. The molecular weight excluding hydrogens is 338 g/mol. The van der Waals surface area contributed by atoms with Crippen LogP contribution in [0.15, 0.2) is 29.6 Å². The number of ether oxygens (including phenoxy) is 1. The van der Waals surface area contributed by atoms with Crippen LogP contribution in [0.3, 0.4) is 0 Å². The average molecular weight is 361 g/mol. The third kappa shape index (κ3) is 6.54. The van der Waals surface area contributed by atoms with E-state index < -0.39 is 0 Å². The Labute approximate surface area is 151 Å². The Bertz CT molecular complexity index is 698. The van der Waals surface area contributed by atoms with Crippen LogP contribution in [0.25, 0.3) is 11.3 Å². The zero-order valence-corrected chi connectivity index (χ0v) is 15.1. The molecule has 7 heteroatoms. The maximum Gasteiger partial charge on any atom is 0.220 e. The molecule has 2 amide bonds. The molecule has 1 aromatic carbocycles. The number of thiazole rings is 1. The number of unbranched alkanes of at least 4 members (excludes halogenated alkanes) is 2. The van der Waals surface area contributed by atoms with E-state index in [1.165, 1.54) is 11.3 Å². The van der Waals surface area contributed by atoms with Gasteiger partial charge in [-0.2, -0.15) is 0 Å². The van der Waals surface area contributed by atoms with E-state index in [1.54, 1.807) is 7.11 Å². The summed E-state index contributed by atoms with van der Waals surface area (Å²) in [6, 6.07) is 7.72. The highest BCUT2D eigenvalue weighted by Gasteiger charge is 2.07. The van der Waals surface area contributed by atoms with E-state index in [4.69, 9.17) is 10.5 Å². The van der Waals surface area contributed by atoms with Crippen molar-refractivity contribution < 1.29 is 14.3 Å². The van der Waals surface area contributed by atoms with E-state index in [-0.39, 0.29) is 11.8 Å². The Hall–Kier alpha value is -2.41. The number of methoxy groups -OCH3 is 1. The van der Waals surface area contributed by atoms with Gasteiger partial charge in [-0.25, -0.2) is 4.98 Å². The standard InChI is InChI=1S/C18H23N3O3S/c1-24-14-9-7-13(8-10-14)15-12-25-18(21-15)11-20-17(23)6-4-2-3-5-16(19)22/h7-10,12H,2-6,11H2,1H3,(H2,19,22)(H,20,23). The van der Waals surface area contributed by atoms with Gasteiger partial charge in [0.05, 0.1) is 19.3 Å². The molecule has 134 valence electrons. The third-order valence-electron chi connectivity index (χ3n) is 3.70. The maximum absolute atomic E-state index is 11.8. The molecule has 0 saturated carbocycles. The van der Waals surface area contributed by atoms with Crippen LogP contribution >= 0.6 is 11.3 Å². The summed E-state index contributed by atoms with van der Waals surface area (Å²) in [4.78, 5) is 27.0. The Morgan fingerprint density at radius 1 is 1.16 bits per heavy atom. The lowest BCUT2D eigenvalue weighted by atomic mass is 10.1. The van der Waals surface area contributed by atoms with E-state index in [9.17, 15) is 9.59 Å². The summed E-state index contributed by atoms with van der Waals surface area (Å²) in [5.41, 5.74) is 6.98. The van der Waals surface area contributed by atoms with Gasteiger partial charge in [0.15, 0.2) is 0 Å². The normalized spacial score (nSPS) is 10.4. The average Bonchev–Trinajstić information content (AvgIpc) is 3.08. The third-order valence-corrected chi connectivity index (χ3v) is 4.55. The van der Waals surface area contributed by atoms with Crippen molar-refractivity contribution in [3.8, 4) is 17.0 Å². The number of aromatic nitrogens is 1. The first kappa shape index (κ1) is 18.9. The van der Waals surface area contributed by atoms with Gasteiger partial charge in [-0.05, 0) is 37.1 Å². The van der Waals surface area contributed by atoms with Crippen LogP contribution in [0.5, 0.6) is 5.75 Å². The van der Waals surface area contributed by atoms with Crippen molar-refractivity contribution in [2.45, 2.75) is 38.6 Å². The molecule has 0 aliphatic heterocycles. The predicted octanol–water partition coefficient (Wildman–Crippen LogP) is 2.87. The first-order valence-corrected chi connectivity index (χ1v) is 9.10. The second kappa shape index (κ2) is 9.78. The van der Waals surface area contributed by atoms with Crippen molar-refractivity contribution >= 4 is 23.2 Å². The molecule has 0 spiro atoms. The van der Waals surface area contributed by atoms with Gasteiger partial charge in [-0.15, -0.1) is 11.3 Å². The lowest BCUT2D eigenvalue weighted by Gasteiger charge is -2.03. The molecule has 6 nitrogen and oxygen atoms in total. The first-order chi connectivity index (χ1) is 12.1. The number of rotatable bonds is 10. The van der Waals surface area contributed by atoms with Crippen molar-refractivity contribution in [2.75, 3.05) is 7.11 Å². The number of primary amides is 1. The molecule has 0 radical (unpaired) electrons. The fraction of sp³-hybridized carbons (Fsp3) is 0.389. The van der Waals surface area contributed by atoms with Gasteiger partial charge < -0.3 is 15.8 Å². The molecule has 0 aliphatic rings. The summed E-state index contributed by atoms with van der Waals surface area (Å²) in [6.07, 6.45) is 3.16. The molecule has 0 atom stereocenters. The Morgan fingerprint density at radius 3 is 2.56 bits per heavy atom. The molecule has 0 saturated heterocycles. The molecule has 1 heterocycles. The van der Waals surface area contributed by atoms with Crippen LogP contribution in [0.2, 0.25) is 0 Å². The number of nitrogens with one attached hydrogen (secondary N) is 1. The second-order valence-electron chi connectivity index (χ2n) is 5.66. The largest absolute Gasteiger partial charge is 0.497 e. The number of hydrogen-bond acceptors (Lipinski definition) is 5. The number of nitrogens with zero attached hydrogens (tertiary/aromatic N) is 1. The van der Waals surface area contributed by atoms with Crippen molar-refractivity contribution in [3.63, 3.8) is 0 Å². The lowest BCUT2D eigenvalue weighted by Crippen LogP contribution is -2.22.